The summed E-state index contributed by atoms with van der Waals surface area (Å²) >= 11 is 1.68. The van der Waals surface area contributed by atoms with Crippen LogP contribution >= 0.6 is 11.3 Å². The van der Waals surface area contributed by atoms with Crippen molar-refractivity contribution in [2.24, 2.45) is 0 Å². The molecule has 0 saturated heterocycles. The van der Waals surface area contributed by atoms with Gasteiger partial charge < -0.3 is 14.5 Å². The number of aromatic amines is 1. The molecule has 182 valence electrons. The topological polar surface area (TPSA) is 64.2 Å². The van der Waals surface area contributed by atoms with Crippen LogP contribution in [0.2, 0.25) is 0 Å². The summed E-state index contributed by atoms with van der Waals surface area (Å²) in [6.45, 7) is 0.429. The first kappa shape index (κ1) is 22.8. The van der Waals surface area contributed by atoms with Crippen LogP contribution in [0, 0.1) is 0 Å². The van der Waals surface area contributed by atoms with E-state index in [9.17, 15) is 4.79 Å². The third-order valence-electron chi connectivity index (χ3n) is 7.03. The van der Waals surface area contributed by atoms with Crippen molar-refractivity contribution in [3.63, 3.8) is 0 Å². The number of fused-ring (bicyclic) bond motifs is 4. The molecule has 0 saturated carbocycles. The lowest BCUT2D eigenvalue weighted by Crippen LogP contribution is -2.10. The molecule has 0 fully saturated rings. The van der Waals surface area contributed by atoms with E-state index in [4.69, 9.17) is 14.5 Å². The first-order chi connectivity index (χ1) is 17.7. The van der Waals surface area contributed by atoms with Crippen molar-refractivity contribution in [1.29, 1.82) is 0 Å². The largest absolute Gasteiger partial charge is 0.493 e. The molecule has 3 aromatic carbocycles. The Hall–Kier alpha value is -3.64. The number of rotatable bonds is 5. The molecular formula is C30H28N2O3S. The van der Waals surface area contributed by atoms with E-state index < -0.39 is 0 Å². The quantitative estimate of drug-likeness (QED) is 0.283. The Kier molecular flexibility index (Phi) is 6.20. The lowest BCUT2D eigenvalue weighted by atomic mass is 9.98. The molecule has 2 aromatic heterocycles. The number of thiophene rings is 1. The summed E-state index contributed by atoms with van der Waals surface area (Å²) in [5.41, 5.74) is 3.07. The third kappa shape index (κ3) is 4.26. The van der Waals surface area contributed by atoms with Crippen molar-refractivity contribution in [2.45, 2.75) is 45.1 Å². The van der Waals surface area contributed by atoms with Gasteiger partial charge in [0, 0.05) is 10.4 Å². The molecule has 0 unspecified atom stereocenters. The van der Waals surface area contributed by atoms with Crippen LogP contribution in [-0.2, 0) is 19.4 Å². The molecule has 0 bridgehead atoms. The first-order valence-electron chi connectivity index (χ1n) is 12.5. The number of hydrogen-bond donors (Lipinski definition) is 1. The smallest absolute Gasteiger partial charge is 0.260 e. The van der Waals surface area contributed by atoms with Gasteiger partial charge in [0.1, 0.15) is 17.3 Å². The van der Waals surface area contributed by atoms with Gasteiger partial charge in [-0.05, 0) is 65.8 Å². The van der Waals surface area contributed by atoms with Crippen LogP contribution in [0.5, 0.6) is 11.5 Å². The number of benzene rings is 3. The fraction of sp³-hybridized carbons (Fsp3) is 0.267. The molecule has 0 spiro atoms. The third-order valence-corrected chi connectivity index (χ3v) is 8.21. The summed E-state index contributed by atoms with van der Waals surface area (Å²) in [6.07, 6.45) is 6.82. The van der Waals surface area contributed by atoms with E-state index in [0.717, 1.165) is 40.6 Å². The van der Waals surface area contributed by atoms with Gasteiger partial charge in [-0.15, -0.1) is 11.3 Å². The van der Waals surface area contributed by atoms with E-state index in [-0.39, 0.29) is 5.56 Å². The van der Waals surface area contributed by atoms with Crippen molar-refractivity contribution in [2.75, 3.05) is 7.11 Å². The van der Waals surface area contributed by atoms with Crippen LogP contribution in [0.4, 0.5) is 0 Å². The monoisotopic (exact) mass is 496 g/mol. The Balaban J connectivity index is 1.31. The van der Waals surface area contributed by atoms with Gasteiger partial charge in [-0.1, -0.05) is 55.3 Å². The highest BCUT2D eigenvalue weighted by molar-refractivity contribution is 7.18. The summed E-state index contributed by atoms with van der Waals surface area (Å²) in [7, 11) is 1.63. The predicted octanol–water partition coefficient (Wildman–Crippen LogP) is 7.05. The lowest BCUT2D eigenvalue weighted by Gasteiger charge is -2.13. The molecule has 1 N–H and O–H groups in total. The van der Waals surface area contributed by atoms with Gasteiger partial charge in [-0.2, -0.15) is 0 Å². The van der Waals surface area contributed by atoms with Crippen LogP contribution in [0.3, 0.4) is 0 Å². The second-order valence-electron chi connectivity index (χ2n) is 9.31. The summed E-state index contributed by atoms with van der Waals surface area (Å²) < 4.78 is 11.8. The second kappa shape index (κ2) is 9.78. The van der Waals surface area contributed by atoms with Crippen molar-refractivity contribution < 1.29 is 9.47 Å². The van der Waals surface area contributed by atoms with Crippen LogP contribution < -0.4 is 15.0 Å². The zero-order valence-electron chi connectivity index (χ0n) is 20.3. The van der Waals surface area contributed by atoms with Gasteiger partial charge in [-0.3, -0.25) is 4.79 Å². The van der Waals surface area contributed by atoms with Gasteiger partial charge >= 0.3 is 0 Å². The molecule has 2 heterocycles. The normalized spacial score (nSPS) is 13.8. The molecule has 6 heteroatoms. The van der Waals surface area contributed by atoms with Crippen molar-refractivity contribution in [3.8, 4) is 22.9 Å². The number of nitrogens with one attached hydrogen (secondary N) is 1. The second-order valence-corrected chi connectivity index (χ2v) is 10.4. The number of hydrogen-bond acceptors (Lipinski definition) is 5. The Bertz CT molecular complexity index is 1610. The minimum Gasteiger partial charge on any atom is -0.493 e. The molecular weight excluding hydrogens is 468 g/mol. The minimum absolute atomic E-state index is 0.0525. The number of aromatic nitrogens is 2. The molecule has 0 atom stereocenters. The molecule has 0 amide bonds. The van der Waals surface area contributed by atoms with Gasteiger partial charge in [0.25, 0.3) is 5.56 Å². The van der Waals surface area contributed by atoms with E-state index in [0.29, 0.717) is 23.9 Å². The van der Waals surface area contributed by atoms with E-state index >= 15 is 0 Å². The summed E-state index contributed by atoms with van der Waals surface area (Å²) in [5, 5.41) is 3.14. The zero-order chi connectivity index (χ0) is 24.5. The standard InChI is InChI=1S/C30H28N2O3S/c1-34-25-17-20(15-16-24(25)35-18-21-11-8-10-19-9-6-7-12-22(19)21)28-31-29(33)27-23-13-4-2-3-5-14-26(23)36-30(27)32-28/h6-12,15-17H,2-5,13-14,18H2,1H3,(H,31,32,33). The highest BCUT2D eigenvalue weighted by Gasteiger charge is 2.19. The SMILES string of the molecule is COc1cc(-c2nc3sc4c(c3c(=O)[nH]2)CCCCCC4)ccc1OCc1cccc2ccccc12. The van der Waals surface area contributed by atoms with Crippen LogP contribution in [0.1, 0.15) is 41.7 Å². The number of aryl methyl sites for hydroxylation is 2. The Labute approximate surface area is 213 Å². The van der Waals surface area contributed by atoms with Gasteiger partial charge in [0.05, 0.1) is 12.5 Å². The van der Waals surface area contributed by atoms with Crippen LogP contribution in [0.25, 0.3) is 32.4 Å². The molecule has 36 heavy (non-hydrogen) atoms. The summed E-state index contributed by atoms with van der Waals surface area (Å²) in [4.78, 5) is 23.2. The minimum atomic E-state index is -0.0525. The first-order valence-corrected chi connectivity index (χ1v) is 13.4. The summed E-state index contributed by atoms with van der Waals surface area (Å²) in [5.74, 6) is 1.81. The van der Waals surface area contributed by atoms with Gasteiger partial charge in [-0.25, -0.2) is 4.98 Å². The fourth-order valence-electron chi connectivity index (χ4n) is 5.16. The molecule has 0 aliphatic heterocycles. The molecule has 6 rings (SSSR count). The van der Waals surface area contributed by atoms with E-state index in [1.165, 1.54) is 40.5 Å². The predicted molar refractivity (Wildman–Crippen MR) is 146 cm³/mol. The van der Waals surface area contributed by atoms with Gasteiger partial charge in [0.2, 0.25) is 0 Å². The maximum Gasteiger partial charge on any atom is 0.260 e. The van der Waals surface area contributed by atoms with E-state index in [1.807, 2.05) is 36.4 Å². The molecule has 1 aliphatic rings. The zero-order valence-corrected chi connectivity index (χ0v) is 21.1. The molecule has 5 aromatic rings. The number of methoxy groups -OCH3 is 1. The van der Waals surface area contributed by atoms with E-state index in [2.05, 4.69) is 29.2 Å². The maximum absolute atomic E-state index is 13.1. The molecule has 0 radical (unpaired) electrons. The Morgan fingerprint density at radius 1 is 0.944 bits per heavy atom. The Morgan fingerprint density at radius 3 is 2.67 bits per heavy atom. The molecule has 5 nitrogen and oxygen atoms in total. The van der Waals surface area contributed by atoms with Crippen molar-refractivity contribution >= 4 is 32.3 Å². The van der Waals surface area contributed by atoms with Gasteiger partial charge in [0.15, 0.2) is 11.5 Å². The Morgan fingerprint density at radius 2 is 1.78 bits per heavy atom. The number of ether oxygens (including phenoxy) is 2. The maximum atomic E-state index is 13.1. The highest BCUT2D eigenvalue weighted by atomic mass is 32.1. The average Bonchev–Trinajstić information content (AvgIpc) is 3.24. The number of nitrogens with zero attached hydrogens (tertiary/aromatic N) is 1. The molecule has 1 aliphatic carbocycles. The van der Waals surface area contributed by atoms with Crippen LogP contribution in [-0.4, -0.2) is 17.1 Å². The fourth-order valence-corrected chi connectivity index (χ4v) is 6.42. The van der Waals surface area contributed by atoms with E-state index in [1.54, 1.807) is 18.4 Å². The highest BCUT2D eigenvalue weighted by Crippen LogP contribution is 2.35. The summed E-state index contributed by atoms with van der Waals surface area (Å²) in [6, 6.07) is 20.2. The average molecular weight is 497 g/mol. The van der Waals surface area contributed by atoms with Crippen LogP contribution in [0.15, 0.2) is 65.5 Å². The number of H-pyrrole nitrogens is 1. The van der Waals surface area contributed by atoms with Crippen molar-refractivity contribution in [3.05, 3.63) is 87.0 Å². The van der Waals surface area contributed by atoms with Crippen molar-refractivity contribution in [1.82, 2.24) is 9.97 Å². The lowest BCUT2D eigenvalue weighted by molar-refractivity contribution is 0.286.